The van der Waals surface area contributed by atoms with Gasteiger partial charge in [0, 0.05) is 19.5 Å². The highest BCUT2D eigenvalue weighted by Gasteiger charge is 2.32. The van der Waals surface area contributed by atoms with E-state index in [0.29, 0.717) is 25.9 Å². The van der Waals surface area contributed by atoms with Crippen LogP contribution in [0.3, 0.4) is 0 Å². The van der Waals surface area contributed by atoms with Crippen LogP contribution in [0.4, 0.5) is 4.79 Å². The van der Waals surface area contributed by atoms with E-state index in [9.17, 15) is 9.59 Å². The summed E-state index contributed by atoms with van der Waals surface area (Å²) in [6.45, 7) is 0.973. The van der Waals surface area contributed by atoms with Gasteiger partial charge in [0.2, 0.25) is 0 Å². The van der Waals surface area contributed by atoms with Crippen LogP contribution in [0.2, 0.25) is 0 Å². The lowest BCUT2D eigenvalue weighted by Crippen LogP contribution is -2.40. The van der Waals surface area contributed by atoms with E-state index < -0.39 is 5.97 Å². The molecule has 3 N–H and O–H groups in total. The first kappa shape index (κ1) is 14.4. The molecule has 0 saturated heterocycles. The maximum Gasteiger partial charge on any atom is 0.314 e. The van der Waals surface area contributed by atoms with Gasteiger partial charge in [-0.25, -0.2) is 4.79 Å². The molecule has 100 valence electrons. The van der Waals surface area contributed by atoms with E-state index in [2.05, 4.69) is 16.6 Å². The second-order valence-corrected chi connectivity index (χ2v) is 4.58. The summed E-state index contributed by atoms with van der Waals surface area (Å²) in [6.07, 6.45) is 9.00. The number of terminal acetylenes is 1. The van der Waals surface area contributed by atoms with E-state index in [-0.39, 0.29) is 17.9 Å². The van der Waals surface area contributed by atoms with E-state index in [1.807, 2.05) is 0 Å². The number of hydrogen-bond acceptors (Lipinski definition) is 2. The number of carboxylic acids is 1. The molecule has 18 heavy (non-hydrogen) atoms. The van der Waals surface area contributed by atoms with Gasteiger partial charge in [-0.15, -0.1) is 12.3 Å². The van der Waals surface area contributed by atoms with E-state index in [0.717, 1.165) is 19.3 Å². The number of nitrogens with one attached hydrogen (secondary N) is 2. The number of carbonyl (C=O) groups is 2. The summed E-state index contributed by atoms with van der Waals surface area (Å²) < 4.78 is 0. The molecule has 1 aliphatic rings. The molecular formula is C13H20N2O3. The molecule has 1 saturated carbocycles. The molecule has 0 heterocycles. The Morgan fingerprint density at radius 2 is 2.11 bits per heavy atom. The minimum absolute atomic E-state index is 0.0546. The zero-order chi connectivity index (χ0) is 13.4. The van der Waals surface area contributed by atoms with Crippen molar-refractivity contribution in [1.29, 1.82) is 0 Å². The lowest BCUT2D eigenvalue weighted by Gasteiger charge is -2.16. The van der Waals surface area contributed by atoms with Crippen molar-refractivity contribution in [3.05, 3.63) is 0 Å². The van der Waals surface area contributed by atoms with E-state index in [4.69, 9.17) is 11.5 Å². The highest BCUT2D eigenvalue weighted by molar-refractivity contribution is 5.74. The van der Waals surface area contributed by atoms with Gasteiger partial charge in [-0.3, -0.25) is 4.79 Å². The Morgan fingerprint density at radius 1 is 1.33 bits per heavy atom. The standard InChI is InChI=1S/C13H20N2O3/c1-2-3-4-8-14-13(18)15-9-10-6-5-7-11(10)12(16)17/h1,10-11H,3-9H2,(H,16,17)(H2,14,15,18). The number of aliphatic carboxylic acids is 1. The SMILES string of the molecule is C#CCCCNC(=O)NCC1CCCC1C(=O)O. The molecule has 2 atom stereocenters. The third-order valence-electron chi connectivity index (χ3n) is 3.28. The third-order valence-corrected chi connectivity index (χ3v) is 3.28. The van der Waals surface area contributed by atoms with Crippen LogP contribution in [0.1, 0.15) is 32.1 Å². The minimum Gasteiger partial charge on any atom is -0.481 e. The highest BCUT2D eigenvalue weighted by Crippen LogP contribution is 2.31. The molecule has 0 radical (unpaired) electrons. The van der Waals surface area contributed by atoms with Crippen LogP contribution in [0.5, 0.6) is 0 Å². The maximum absolute atomic E-state index is 11.4. The maximum atomic E-state index is 11.4. The number of hydrogen-bond donors (Lipinski definition) is 3. The fourth-order valence-electron chi connectivity index (χ4n) is 2.28. The average molecular weight is 252 g/mol. The Bertz CT molecular complexity index is 336. The Balaban J connectivity index is 2.18. The molecule has 5 heteroatoms. The van der Waals surface area contributed by atoms with Crippen molar-refractivity contribution in [2.24, 2.45) is 11.8 Å². The third kappa shape index (κ3) is 4.66. The minimum atomic E-state index is -0.756. The quantitative estimate of drug-likeness (QED) is 0.491. The van der Waals surface area contributed by atoms with Gasteiger partial charge in [0.25, 0.3) is 0 Å². The van der Waals surface area contributed by atoms with Gasteiger partial charge >= 0.3 is 12.0 Å². The second-order valence-electron chi connectivity index (χ2n) is 4.58. The molecule has 2 amide bonds. The zero-order valence-electron chi connectivity index (χ0n) is 10.4. The Morgan fingerprint density at radius 3 is 2.78 bits per heavy atom. The van der Waals surface area contributed by atoms with Crippen molar-refractivity contribution >= 4 is 12.0 Å². The molecule has 1 fully saturated rings. The highest BCUT2D eigenvalue weighted by atomic mass is 16.4. The first-order valence-electron chi connectivity index (χ1n) is 6.33. The topological polar surface area (TPSA) is 78.4 Å². The molecule has 2 unspecified atom stereocenters. The monoisotopic (exact) mass is 252 g/mol. The Kier molecular flexibility index (Phi) is 6.06. The molecule has 0 aromatic rings. The van der Waals surface area contributed by atoms with Crippen molar-refractivity contribution in [2.75, 3.05) is 13.1 Å². The van der Waals surface area contributed by atoms with Crippen molar-refractivity contribution in [3.63, 3.8) is 0 Å². The number of rotatable bonds is 6. The van der Waals surface area contributed by atoms with Crippen molar-refractivity contribution < 1.29 is 14.7 Å². The van der Waals surface area contributed by atoms with Gasteiger partial charge in [0.15, 0.2) is 0 Å². The van der Waals surface area contributed by atoms with Gasteiger partial charge in [0.05, 0.1) is 5.92 Å². The van der Waals surface area contributed by atoms with Gasteiger partial charge in [-0.1, -0.05) is 6.42 Å². The smallest absolute Gasteiger partial charge is 0.314 e. The lowest BCUT2D eigenvalue weighted by atomic mass is 9.96. The van der Waals surface area contributed by atoms with Gasteiger partial charge in [-0.05, 0) is 25.2 Å². The van der Waals surface area contributed by atoms with Crippen LogP contribution in [-0.4, -0.2) is 30.2 Å². The second kappa shape index (κ2) is 7.59. The van der Waals surface area contributed by atoms with E-state index in [1.54, 1.807) is 0 Å². The van der Waals surface area contributed by atoms with E-state index >= 15 is 0 Å². The first-order valence-corrected chi connectivity index (χ1v) is 6.33. The van der Waals surface area contributed by atoms with Crippen molar-refractivity contribution in [3.8, 4) is 12.3 Å². The first-order chi connectivity index (χ1) is 8.65. The normalized spacial score (nSPS) is 22.2. The lowest BCUT2D eigenvalue weighted by molar-refractivity contribution is -0.142. The summed E-state index contributed by atoms with van der Waals surface area (Å²) in [5.74, 6) is 1.49. The number of carbonyl (C=O) groups excluding carboxylic acids is 1. The van der Waals surface area contributed by atoms with Crippen LogP contribution in [0.25, 0.3) is 0 Å². The van der Waals surface area contributed by atoms with E-state index in [1.165, 1.54) is 0 Å². The summed E-state index contributed by atoms with van der Waals surface area (Å²) in [4.78, 5) is 22.4. The molecule has 0 aromatic heterocycles. The van der Waals surface area contributed by atoms with Gasteiger partial charge in [0.1, 0.15) is 0 Å². The largest absolute Gasteiger partial charge is 0.481 e. The predicted octanol–water partition coefficient (Wildman–Crippen LogP) is 1.20. The van der Waals surface area contributed by atoms with Crippen molar-refractivity contribution in [1.82, 2.24) is 10.6 Å². The molecule has 1 aliphatic carbocycles. The zero-order valence-corrected chi connectivity index (χ0v) is 10.4. The molecule has 0 bridgehead atoms. The molecule has 5 nitrogen and oxygen atoms in total. The van der Waals surface area contributed by atoms with Crippen LogP contribution in [-0.2, 0) is 4.79 Å². The molecule has 0 spiro atoms. The summed E-state index contributed by atoms with van der Waals surface area (Å²) >= 11 is 0. The number of carboxylic acid groups (broad SMARTS) is 1. The number of urea groups is 1. The number of unbranched alkanes of at least 4 members (excludes halogenated alkanes) is 1. The molecule has 1 rings (SSSR count). The molecule has 0 aliphatic heterocycles. The van der Waals surface area contributed by atoms with Crippen LogP contribution in [0, 0.1) is 24.2 Å². The average Bonchev–Trinajstić information content (AvgIpc) is 2.80. The summed E-state index contributed by atoms with van der Waals surface area (Å²) in [5, 5.41) is 14.4. The van der Waals surface area contributed by atoms with Gasteiger partial charge in [-0.2, -0.15) is 0 Å². The van der Waals surface area contributed by atoms with Gasteiger partial charge < -0.3 is 15.7 Å². The van der Waals surface area contributed by atoms with Crippen LogP contribution in [0.15, 0.2) is 0 Å². The Hall–Kier alpha value is -1.70. The molecular weight excluding hydrogens is 232 g/mol. The number of amides is 2. The summed E-state index contributed by atoms with van der Waals surface area (Å²) in [6, 6.07) is -0.247. The summed E-state index contributed by atoms with van der Waals surface area (Å²) in [5.41, 5.74) is 0. The molecule has 0 aromatic carbocycles. The fraction of sp³-hybridized carbons (Fsp3) is 0.692. The Labute approximate surface area is 107 Å². The predicted molar refractivity (Wildman–Crippen MR) is 67.9 cm³/mol. The van der Waals surface area contributed by atoms with Crippen LogP contribution < -0.4 is 10.6 Å². The van der Waals surface area contributed by atoms with Crippen LogP contribution >= 0.6 is 0 Å². The summed E-state index contributed by atoms with van der Waals surface area (Å²) in [7, 11) is 0. The van der Waals surface area contributed by atoms with Crippen molar-refractivity contribution in [2.45, 2.75) is 32.1 Å². The fourth-order valence-corrected chi connectivity index (χ4v) is 2.28.